The van der Waals surface area contributed by atoms with Crippen molar-refractivity contribution in [2.24, 2.45) is 11.0 Å². The van der Waals surface area contributed by atoms with Crippen LogP contribution < -0.4 is 21.4 Å². The smallest absolute Gasteiger partial charge is 0.329 e. The zero-order valence-electron chi connectivity index (χ0n) is 17.2. The van der Waals surface area contributed by atoms with Crippen LogP contribution in [-0.4, -0.2) is 36.4 Å². The molecule has 1 heterocycles. The van der Waals surface area contributed by atoms with E-state index in [2.05, 4.69) is 26.5 Å². The van der Waals surface area contributed by atoms with Gasteiger partial charge in [-0.1, -0.05) is 37.0 Å². The van der Waals surface area contributed by atoms with Crippen LogP contribution in [0.3, 0.4) is 0 Å². The fraction of sp³-hybridized carbons (Fsp3) is 0.250. The van der Waals surface area contributed by atoms with Crippen molar-refractivity contribution in [3.05, 3.63) is 51.9 Å². The van der Waals surface area contributed by atoms with Gasteiger partial charge in [0.25, 0.3) is 0 Å². The lowest BCUT2D eigenvalue weighted by molar-refractivity contribution is -0.139. The molecule has 170 valence electrons. The van der Waals surface area contributed by atoms with Gasteiger partial charge in [0.2, 0.25) is 0 Å². The van der Waals surface area contributed by atoms with Crippen molar-refractivity contribution in [2.45, 2.75) is 20.4 Å². The molecule has 2 aromatic rings. The van der Waals surface area contributed by atoms with Gasteiger partial charge in [0.1, 0.15) is 11.5 Å². The van der Waals surface area contributed by atoms with E-state index in [4.69, 9.17) is 27.6 Å². The van der Waals surface area contributed by atoms with E-state index >= 15 is 0 Å². The van der Waals surface area contributed by atoms with E-state index in [1.54, 1.807) is 6.07 Å². The summed E-state index contributed by atoms with van der Waals surface area (Å²) < 4.78 is 5.40. The number of hydrogen-bond donors (Lipinski definition) is 4. The van der Waals surface area contributed by atoms with Crippen molar-refractivity contribution in [1.29, 1.82) is 0 Å². The minimum Gasteiger partial charge on any atom is -0.458 e. The van der Waals surface area contributed by atoms with Gasteiger partial charge in [-0.3, -0.25) is 19.2 Å². The second kappa shape index (κ2) is 11.9. The number of furan rings is 1. The molecule has 0 unspecified atom stereocenters. The summed E-state index contributed by atoms with van der Waals surface area (Å²) in [6.07, 6.45) is 1.19. The van der Waals surface area contributed by atoms with E-state index < -0.39 is 23.6 Å². The van der Waals surface area contributed by atoms with Crippen LogP contribution in [0.4, 0.5) is 5.69 Å². The van der Waals surface area contributed by atoms with Crippen molar-refractivity contribution in [1.82, 2.24) is 16.1 Å². The molecular weight excluding hydrogens is 461 g/mol. The minimum atomic E-state index is -0.908. The Kier molecular flexibility index (Phi) is 9.23. The van der Waals surface area contributed by atoms with E-state index in [9.17, 15) is 19.2 Å². The summed E-state index contributed by atoms with van der Waals surface area (Å²) in [7, 11) is 0. The standard InChI is InChI=1S/C20H21Cl2N5O5/c1-11(2)8-23-18(29)20(31)27-25-10-14-5-4-13(32-14)9-24-17(28)19(30)26-12-3-6-15(21)16(22)7-12/h3-7,10-11H,8-9H2,1-2H3,(H,23,29)(H,24,28)(H,26,30)(H,27,31)/b25-10+. The molecule has 10 nitrogen and oxygen atoms in total. The van der Waals surface area contributed by atoms with E-state index in [1.807, 2.05) is 13.8 Å². The van der Waals surface area contributed by atoms with E-state index in [0.717, 1.165) is 0 Å². The SMILES string of the molecule is CC(C)CNC(=O)C(=O)N/N=C/c1ccc(CNC(=O)C(=O)Nc2ccc(Cl)c(Cl)c2)o1. The van der Waals surface area contributed by atoms with Crippen LogP contribution in [0.1, 0.15) is 25.4 Å². The molecule has 0 aliphatic heterocycles. The monoisotopic (exact) mass is 481 g/mol. The Morgan fingerprint density at radius 2 is 1.69 bits per heavy atom. The van der Waals surface area contributed by atoms with E-state index in [0.29, 0.717) is 23.0 Å². The molecule has 0 atom stereocenters. The van der Waals surface area contributed by atoms with E-state index in [-0.39, 0.29) is 23.2 Å². The maximum absolute atomic E-state index is 12.0. The molecule has 32 heavy (non-hydrogen) atoms. The average molecular weight is 482 g/mol. The van der Waals surface area contributed by atoms with E-state index in [1.165, 1.54) is 30.5 Å². The van der Waals surface area contributed by atoms with Gasteiger partial charge in [-0.2, -0.15) is 5.10 Å². The predicted molar refractivity (Wildman–Crippen MR) is 119 cm³/mol. The normalized spacial score (nSPS) is 10.8. The van der Waals surface area contributed by atoms with Crippen molar-refractivity contribution in [2.75, 3.05) is 11.9 Å². The van der Waals surface area contributed by atoms with Crippen LogP contribution in [0.15, 0.2) is 39.9 Å². The third kappa shape index (κ3) is 8.05. The number of halogens is 2. The van der Waals surface area contributed by atoms with Crippen molar-refractivity contribution >= 4 is 58.7 Å². The minimum absolute atomic E-state index is 0.0641. The summed E-state index contributed by atoms with van der Waals surface area (Å²) in [6.45, 7) is 4.10. The molecule has 0 saturated heterocycles. The zero-order valence-corrected chi connectivity index (χ0v) is 18.7. The maximum Gasteiger partial charge on any atom is 0.329 e. The molecule has 0 radical (unpaired) electrons. The number of amides is 4. The number of carbonyl (C=O) groups is 4. The van der Waals surface area contributed by atoms with Crippen LogP contribution in [0.5, 0.6) is 0 Å². The molecule has 4 amide bonds. The number of carbonyl (C=O) groups excluding carboxylic acids is 4. The summed E-state index contributed by atoms with van der Waals surface area (Å²) in [6, 6.07) is 7.50. The van der Waals surface area contributed by atoms with Crippen molar-refractivity contribution < 1.29 is 23.6 Å². The van der Waals surface area contributed by atoms with Gasteiger partial charge in [0, 0.05) is 12.2 Å². The van der Waals surface area contributed by atoms with Gasteiger partial charge in [0.05, 0.1) is 22.8 Å². The summed E-state index contributed by atoms with van der Waals surface area (Å²) in [5.41, 5.74) is 2.39. The topological polar surface area (TPSA) is 142 Å². The Morgan fingerprint density at radius 1 is 0.969 bits per heavy atom. The van der Waals surface area contributed by atoms with Crippen LogP contribution in [-0.2, 0) is 25.7 Å². The highest BCUT2D eigenvalue weighted by Gasteiger charge is 2.15. The van der Waals surface area contributed by atoms with Crippen LogP contribution in [0.25, 0.3) is 0 Å². The summed E-state index contributed by atoms with van der Waals surface area (Å²) >= 11 is 11.7. The number of nitrogens with one attached hydrogen (secondary N) is 4. The van der Waals surface area contributed by atoms with Gasteiger partial charge in [-0.15, -0.1) is 0 Å². The summed E-state index contributed by atoms with van der Waals surface area (Å²) in [4.78, 5) is 47.0. The van der Waals surface area contributed by atoms with Crippen LogP contribution in [0, 0.1) is 5.92 Å². The molecule has 12 heteroatoms. The first kappa shape index (κ1) is 24.9. The Balaban J connectivity index is 1.78. The Hall–Kier alpha value is -3.37. The molecule has 0 aliphatic carbocycles. The fourth-order valence-electron chi connectivity index (χ4n) is 2.15. The average Bonchev–Trinajstić information content (AvgIpc) is 3.20. The number of benzene rings is 1. The Bertz CT molecular complexity index is 1040. The highest BCUT2D eigenvalue weighted by molar-refractivity contribution is 6.43. The number of rotatable bonds is 7. The fourth-order valence-corrected chi connectivity index (χ4v) is 2.45. The quantitative estimate of drug-likeness (QED) is 0.272. The predicted octanol–water partition coefficient (Wildman–Crippen LogP) is 2.06. The first-order chi connectivity index (χ1) is 15.2. The molecule has 1 aromatic carbocycles. The molecule has 0 bridgehead atoms. The molecule has 0 saturated carbocycles. The van der Waals surface area contributed by atoms with Gasteiger partial charge in [0.15, 0.2) is 0 Å². The van der Waals surface area contributed by atoms with Gasteiger partial charge in [-0.25, -0.2) is 5.43 Å². The molecule has 0 aliphatic rings. The molecule has 0 spiro atoms. The number of hydrazone groups is 1. The molecular formula is C20H21Cl2N5O5. The molecule has 1 aromatic heterocycles. The van der Waals surface area contributed by atoms with Crippen molar-refractivity contribution in [3.63, 3.8) is 0 Å². The highest BCUT2D eigenvalue weighted by atomic mass is 35.5. The maximum atomic E-state index is 12.0. The highest BCUT2D eigenvalue weighted by Crippen LogP contribution is 2.24. The molecule has 4 N–H and O–H groups in total. The summed E-state index contributed by atoms with van der Waals surface area (Å²) in [5, 5.41) is 11.4. The number of hydrogen-bond acceptors (Lipinski definition) is 6. The number of nitrogens with zero attached hydrogens (tertiary/aromatic N) is 1. The van der Waals surface area contributed by atoms with Crippen molar-refractivity contribution in [3.8, 4) is 0 Å². The third-order valence-electron chi connectivity index (χ3n) is 3.72. The molecule has 2 rings (SSSR count). The van der Waals surface area contributed by atoms with Gasteiger partial charge >= 0.3 is 23.6 Å². The first-order valence-electron chi connectivity index (χ1n) is 9.40. The third-order valence-corrected chi connectivity index (χ3v) is 4.46. The number of anilines is 1. The van der Waals surface area contributed by atoms with Crippen LogP contribution >= 0.6 is 23.2 Å². The lowest BCUT2D eigenvalue weighted by Crippen LogP contribution is -2.39. The first-order valence-corrected chi connectivity index (χ1v) is 10.2. The Labute approximate surface area is 193 Å². The second-order valence-corrected chi connectivity index (χ2v) is 7.69. The second-order valence-electron chi connectivity index (χ2n) is 6.87. The Morgan fingerprint density at radius 3 is 2.38 bits per heavy atom. The molecule has 0 fully saturated rings. The van der Waals surface area contributed by atoms with Gasteiger partial charge < -0.3 is 20.4 Å². The lowest BCUT2D eigenvalue weighted by Gasteiger charge is -2.06. The van der Waals surface area contributed by atoms with Crippen LogP contribution in [0.2, 0.25) is 10.0 Å². The largest absolute Gasteiger partial charge is 0.458 e. The zero-order chi connectivity index (χ0) is 23.7. The van der Waals surface area contributed by atoms with Gasteiger partial charge in [-0.05, 0) is 36.2 Å². The lowest BCUT2D eigenvalue weighted by atomic mass is 10.2. The summed E-state index contributed by atoms with van der Waals surface area (Å²) in [5.74, 6) is -2.68.